The molecule has 0 amide bonds. The van der Waals surface area contributed by atoms with E-state index >= 15 is 0 Å². The van der Waals surface area contributed by atoms with Crippen molar-refractivity contribution in [1.82, 2.24) is 10.3 Å². The van der Waals surface area contributed by atoms with Crippen molar-refractivity contribution in [2.24, 2.45) is 0 Å². The van der Waals surface area contributed by atoms with Gasteiger partial charge in [-0.25, -0.2) is 4.98 Å². The van der Waals surface area contributed by atoms with E-state index in [9.17, 15) is 0 Å². The zero-order valence-corrected chi connectivity index (χ0v) is 12.5. The van der Waals surface area contributed by atoms with E-state index in [-0.39, 0.29) is 12.6 Å². The highest BCUT2D eigenvalue weighted by Crippen LogP contribution is 2.25. The summed E-state index contributed by atoms with van der Waals surface area (Å²) in [5.41, 5.74) is 2.11. The summed E-state index contributed by atoms with van der Waals surface area (Å²) in [7, 11) is 0. The van der Waals surface area contributed by atoms with Gasteiger partial charge in [-0.05, 0) is 37.1 Å². The van der Waals surface area contributed by atoms with Crippen molar-refractivity contribution in [1.29, 1.82) is 0 Å². The Morgan fingerprint density at radius 2 is 2.05 bits per heavy atom. The number of aliphatic hydroxyl groups excluding tert-OH is 1. The second-order valence-corrected chi connectivity index (χ2v) is 4.89. The highest BCUT2D eigenvalue weighted by atomic mass is 16.5. The lowest BCUT2D eigenvalue weighted by atomic mass is 10.1. The number of nitrogens with one attached hydrogen (secondary N) is 1. The van der Waals surface area contributed by atoms with Gasteiger partial charge in [0.25, 0.3) is 0 Å². The van der Waals surface area contributed by atoms with Crippen molar-refractivity contribution in [3.05, 3.63) is 53.7 Å². The van der Waals surface area contributed by atoms with Crippen LogP contribution in [0.2, 0.25) is 0 Å². The number of benzene rings is 1. The van der Waals surface area contributed by atoms with Crippen LogP contribution in [-0.4, -0.2) is 23.2 Å². The molecule has 1 unspecified atom stereocenters. The molecule has 112 valence electrons. The molecule has 0 bridgehead atoms. The SMILES string of the molecule is CCNC(C)c1ccc(Oc2ccccc2CCO)nc1. The third-order valence-electron chi connectivity index (χ3n) is 3.34. The number of nitrogens with zero attached hydrogens (tertiary/aromatic N) is 1. The van der Waals surface area contributed by atoms with Gasteiger partial charge < -0.3 is 15.2 Å². The van der Waals surface area contributed by atoms with E-state index in [1.165, 1.54) is 0 Å². The van der Waals surface area contributed by atoms with Gasteiger partial charge in [0, 0.05) is 24.9 Å². The monoisotopic (exact) mass is 286 g/mol. The first-order valence-corrected chi connectivity index (χ1v) is 7.30. The first-order valence-electron chi connectivity index (χ1n) is 7.30. The van der Waals surface area contributed by atoms with E-state index < -0.39 is 0 Å². The highest BCUT2D eigenvalue weighted by molar-refractivity contribution is 5.36. The smallest absolute Gasteiger partial charge is 0.219 e. The number of rotatable bonds is 7. The molecule has 0 aliphatic rings. The molecule has 0 saturated heterocycles. The molecule has 0 spiro atoms. The van der Waals surface area contributed by atoms with Crippen molar-refractivity contribution < 1.29 is 9.84 Å². The van der Waals surface area contributed by atoms with Crippen molar-refractivity contribution in [3.63, 3.8) is 0 Å². The lowest BCUT2D eigenvalue weighted by molar-refractivity contribution is 0.297. The van der Waals surface area contributed by atoms with E-state index in [2.05, 4.69) is 24.1 Å². The van der Waals surface area contributed by atoms with Gasteiger partial charge in [-0.15, -0.1) is 0 Å². The fraction of sp³-hybridized carbons (Fsp3) is 0.353. The highest BCUT2D eigenvalue weighted by Gasteiger charge is 2.07. The van der Waals surface area contributed by atoms with Crippen LogP contribution in [0.1, 0.15) is 31.0 Å². The number of para-hydroxylation sites is 1. The van der Waals surface area contributed by atoms with Crippen molar-refractivity contribution in [2.75, 3.05) is 13.2 Å². The van der Waals surface area contributed by atoms with Crippen LogP contribution in [0.15, 0.2) is 42.6 Å². The molecular weight excluding hydrogens is 264 g/mol. The maximum atomic E-state index is 9.08. The summed E-state index contributed by atoms with van der Waals surface area (Å²) in [6.07, 6.45) is 2.41. The van der Waals surface area contributed by atoms with E-state index in [1.807, 2.05) is 42.6 Å². The Labute approximate surface area is 125 Å². The molecule has 4 heteroatoms. The minimum Gasteiger partial charge on any atom is -0.439 e. The zero-order valence-electron chi connectivity index (χ0n) is 12.5. The third kappa shape index (κ3) is 4.28. The van der Waals surface area contributed by atoms with Crippen molar-refractivity contribution in [2.45, 2.75) is 26.3 Å². The topological polar surface area (TPSA) is 54.4 Å². The van der Waals surface area contributed by atoms with Gasteiger partial charge in [0.05, 0.1) is 0 Å². The molecule has 1 aromatic heterocycles. The minimum atomic E-state index is 0.104. The third-order valence-corrected chi connectivity index (χ3v) is 3.34. The van der Waals surface area contributed by atoms with Gasteiger partial charge in [-0.1, -0.05) is 31.2 Å². The predicted octanol–water partition coefficient (Wildman–Crippen LogP) is 3.08. The maximum absolute atomic E-state index is 9.08. The number of hydrogen-bond donors (Lipinski definition) is 2. The van der Waals surface area contributed by atoms with E-state index in [0.717, 1.165) is 23.4 Å². The Morgan fingerprint density at radius 1 is 1.24 bits per heavy atom. The number of hydrogen-bond acceptors (Lipinski definition) is 4. The van der Waals surface area contributed by atoms with Gasteiger partial charge in [-0.2, -0.15) is 0 Å². The fourth-order valence-electron chi connectivity index (χ4n) is 2.18. The summed E-state index contributed by atoms with van der Waals surface area (Å²) in [6, 6.07) is 11.9. The van der Waals surface area contributed by atoms with Gasteiger partial charge in [-0.3, -0.25) is 0 Å². The van der Waals surface area contributed by atoms with Crippen LogP contribution in [0.25, 0.3) is 0 Å². The van der Waals surface area contributed by atoms with Crippen LogP contribution in [0, 0.1) is 0 Å². The maximum Gasteiger partial charge on any atom is 0.219 e. The summed E-state index contributed by atoms with van der Waals surface area (Å²) < 4.78 is 5.81. The molecule has 4 nitrogen and oxygen atoms in total. The molecule has 0 saturated carbocycles. The molecule has 21 heavy (non-hydrogen) atoms. The van der Waals surface area contributed by atoms with Gasteiger partial charge in [0.15, 0.2) is 0 Å². The summed E-state index contributed by atoms with van der Waals surface area (Å²) >= 11 is 0. The molecular formula is C17H22N2O2. The Bertz CT molecular complexity index is 555. The quantitative estimate of drug-likeness (QED) is 0.821. The Balaban J connectivity index is 2.10. The minimum absolute atomic E-state index is 0.104. The van der Waals surface area contributed by atoms with Gasteiger partial charge in [0.1, 0.15) is 5.75 Å². The van der Waals surface area contributed by atoms with Crippen LogP contribution in [0.4, 0.5) is 0 Å². The van der Waals surface area contributed by atoms with Crippen LogP contribution < -0.4 is 10.1 Å². The molecule has 1 heterocycles. The van der Waals surface area contributed by atoms with E-state index in [4.69, 9.17) is 9.84 Å². The summed E-state index contributed by atoms with van der Waals surface area (Å²) in [5.74, 6) is 1.30. The second-order valence-electron chi connectivity index (χ2n) is 4.89. The van der Waals surface area contributed by atoms with Crippen molar-refractivity contribution in [3.8, 4) is 11.6 Å². The number of pyridine rings is 1. The average molecular weight is 286 g/mol. The molecule has 0 aliphatic carbocycles. The molecule has 0 fully saturated rings. The molecule has 2 aromatic rings. The average Bonchev–Trinajstić information content (AvgIpc) is 2.50. The van der Waals surface area contributed by atoms with E-state index in [0.29, 0.717) is 12.3 Å². The first-order chi connectivity index (χ1) is 10.2. The second kappa shape index (κ2) is 7.76. The Kier molecular flexibility index (Phi) is 5.72. The first kappa shape index (κ1) is 15.5. The molecule has 0 aliphatic heterocycles. The zero-order chi connectivity index (χ0) is 15.1. The molecule has 2 rings (SSSR count). The number of aliphatic hydroxyl groups is 1. The van der Waals surface area contributed by atoms with Crippen LogP contribution >= 0.6 is 0 Å². The van der Waals surface area contributed by atoms with Gasteiger partial charge >= 0.3 is 0 Å². The lowest BCUT2D eigenvalue weighted by Gasteiger charge is -2.13. The predicted molar refractivity (Wildman–Crippen MR) is 83.6 cm³/mol. The van der Waals surface area contributed by atoms with Crippen LogP contribution in [-0.2, 0) is 6.42 Å². The molecule has 2 N–H and O–H groups in total. The van der Waals surface area contributed by atoms with E-state index in [1.54, 1.807) is 0 Å². The Morgan fingerprint density at radius 3 is 2.71 bits per heavy atom. The molecule has 0 radical (unpaired) electrons. The number of ether oxygens (including phenoxy) is 1. The van der Waals surface area contributed by atoms with Crippen LogP contribution in [0.3, 0.4) is 0 Å². The van der Waals surface area contributed by atoms with Gasteiger partial charge in [0.2, 0.25) is 5.88 Å². The molecule has 1 atom stereocenters. The lowest BCUT2D eigenvalue weighted by Crippen LogP contribution is -2.17. The summed E-state index contributed by atoms with van der Waals surface area (Å²) in [6.45, 7) is 5.22. The number of aromatic nitrogens is 1. The van der Waals surface area contributed by atoms with Crippen LogP contribution in [0.5, 0.6) is 11.6 Å². The van der Waals surface area contributed by atoms with Crippen molar-refractivity contribution >= 4 is 0 Å². The largest absolute Gasteiger partial charge is 0.439 e. The normalized spacial score (nSPS) is 12.1. The summed E-state index contributed by atoms with van der Waals surface area (Å²) in [4.78, 5) is 4.35. The summed E-state index contributed by atoms with van der Waals surface area (Å²) in [5, 5.41) is 12.4. The Hall–Kier alpha value is -1.91. The fourth-order valence-corrected chi connectivity index (χ4v) is 2.18. The molecule has 1 aromatic carbocycles. The standard InChI is InChI=1S/C17H22N2O2/c1-3-18-13(2)15-8-9-17(19-12-15)21-16-7-5-4-6-14(16)10-11-20/h4-9,12-13,18,20H,3,10-11H2,1-2H3.